The third-order valence-electron chi connectivity index (χ3n) is 4.46. The van der Waals surface area contributed by atoms with Crippen LogP contribution in [-0.4, -0.2) is 38.0 Å². The van der Waals surface area contributed by atoms with Crippen molar-refractivity contribution in [2.24, 2.45) is 0 Å². The minimum absolute atomic E-state index is 0.104. The van der Waals surface area contributed by atoms with Gasteiger partial charge in [-0.2, -0.15) is 4.72 Å². The van der Waals surface area contributed by atoms with E-state index in [1.54, 1.807) is 18.3 Å². The highest BCUT2D eigenvalue weighted by molar-refractivity contribution is 7.89. The van der Waals surface area contributed by atoms with E-state index in [9.17, 15) is 13.2 Å². The molecule has 2 heterocycles. The molecule has 2 N–H and O–H groups in total. The average Bonchev–Trinajstić information content (AvgIpc) is 3.10. The van der Waals surface area contributed by atoms with Gasteiger partial charge in [-0.25, -0.2) is 13.4 Å². The molecule has 1 aromatic carbocycles. The Morgan fingerprint density at radius 2 is 1.96 bits per heavy atom. The summed E-state index contributed by atoms with van der Waals surface area (Å²) in [6, 6.07) is 10.7. The molecule has 0 aliphatic carbocycles. The van der Waals surface area contributed by atoms with Gasteiger partial charge in [0.25, 0.3) is 0 Å². The van der Waals surface area contributed by atoms with Gasteiger partial charge in [0.15, 0.2) is 0 Å². The SMILES string of the molecule is CCCc1cc2c(Cc3ccc(S(=O)(=O)NCC(=O)OC)cc3)ccnc2[nH]1. The van der Waals surface area contributed by atoms with Gasteiger partial charge in [0, 0.05) is 17.3 Å². The monoisotopic (exact) mass is 401 g/mol. The summed E-state index contributed by atoms with van der Waals surface area (Å²) in [6.07, 6.45) is 4.47. The lowest BCUT2D eigenvalue weighted by molar-refractivity contribution is -0.139. The number of methoxy groups -OCH3 is 1. The summed E-state index contributed by atoms with van der Waals surface area (Å²) in [7, 11) is -2.55. The van der Waals surface area contributed by atoms with Crippen LogP contribution in [0, 0.1) is 0 Å². The van der Waals surface area contributed by atoms with Crippen LogP contribution in [0.3, 0.4) is 0 Å². The van der Waals surface area contributed by atoms with Crippen molar-refractivity contribution in [3.8, 4) is 0 Å². The summed E-state index contributed by atoms with van der Waals surface area (Å²) in [5.41, 5.74) is 4.14. The van der Waals surface area contributed by atoms with Crippen LogP contribution in [0.5, 0.6) is 0 Å². The summed E-state index contributed by atoms with van der Waals surface area (Å²) in [5, 5.41) is 1.09. The van der Waals surface area contributed by atoms with E-state index in [0.29, 0.717) is 6.42 Å². The van der Waals surface area contributed by atoms with E-state index in [1.165, 1.54) is 19.2 Å². The van der Waals surface area contributed by atoms with Crippen molar-refractivity contribution in [3.05, 3.63) is 59.4 Å². The molecule has 148 valence electrons. The number of rotatable bonds is 8. The Kier molecular flexibility index (Phi) is 6.11. The molecule has 0 spiro atoms. The van der Waals surface area contributed by atoms with E-state index < -0.39 is 22.5 Å². The number of fused-ring (bicyclic) bond motifs is 1. The molecule has 0 amide bonds. The molecule has 0 aliphatic heterocycles. The van der Waals surface area contributed by atoms with E-state index in [2.05, 4.69) is 32.4 Å². The molecule has 0 unspecified atom stereocenters. The molecule has 28 heavy (non-hydrogen) atoms. The van der Waals surface area contributed by atoms with Crippen LogP contribution in [0.25, 0.3) is 11.0 Å². The number of nitrogens with one attached hydrogen (secondary N) is 2. The zero-order chi connectivity index (χ0) is 20.1. The number of benzene rings is 1. The first-order chi connectivity index (χ1) is 13.4. The Hall–Kier alpha value is -2.71. The predicted octanol–water partition coefficient (Wildman–Crippen LogP) is 2.56. The Labute approximate surface area is 164 Å². The van der Waals surface area contributed by atoms with Gasteiger partial charge >= 0.3 is 5.97 Å². The summed E-state index contributed by atoms with van der Waals surface area (Å²) in [5.74, 6) is -0.643. The minimum Gasteiger partial charge on any atom is -0.468 e. The summed E-state index contributed by atoms with van der Waals surface area (Å²) < 4.78 is 31.1. The highest BCUT2D eigenvalue weighted by Crippen LogP contribution is 2.22. The number of sulfonamides is 1. The topological polar surface area (TPSA) is 101 Å². The lowest BCUT2D eigenvalue weighted by Gasteiger charge is -2.07. The fraction of sp³-hybridized carbons (Fsp3) is 0.300. The second kappa shape index (κ2) is 8.53. The third kappa shape index (κ3) is 4.58. The molecule has 7 nitrogen and oxygen atoms in total. The number of hydrogen-bond acceptors (Lipinski definition) is 5. The number of aromatic amines is 1. The zero-order valence-electron chi connectivity index (χ0n) is 15.9. The molecule has 2 aromatic heterocycles. The van der Waals surface area contributed by atoms with Gasteiger partial charge in [-0.1, -0.05) is 25.5 Å². The number of carbonyl (C=O) groups is 1. The number of aromatic nitrogens is 2. The first-order valence-corrected chi connectivity index (χ1v) is 10.5. The highest BCUT2D eigenvalue weighted by atomic mass is 32.2. The van der Waals surface area contributed by atoms with E-state index in [0.717, 1.165) is 40.7 Å². The Balaban J connectivity index is 1.77. The lowest BCUT2D eigenvalue weighted by Crippen LogP contribution is -2.30. The third-order valence-corrected chi connectivity index (χ3v) is 5.88. The summed E-state index contributed by atoms with van der Waals surface area (Å²) in [4.78, 5) is 19.0. The number of H-pyrrole nitrogens is 1. The van der Waals surface area contributed by atoms with Crippen molar-refractivity contribution in [3.63, 3.8) is 0 Å². The van der Waals surface area contributed by atoms with Crippen molar-refractivity contribution in [2.45, 2.75) is 31.1 Å². The van der Waals surface area contributed by atoms with Crippen molar-refractivity contribution in [1.29, 1.82) is 0 Å². The van der Waals surface area contributed by atoms with Crippen LogP contribution in [-0.2, 0) is 32.4 Å². The van der Waals surface area contributed by atoms with Crippen molar-refractivity contribution in [1.82, 2.24) is 14.7 Å². The highest BCUT2D eigenvalue weighted by Gasteiger charge is 2.16. The smallest absolute Gasteiger partial charge is 0.320 e. The maximum atomic E-state index is 12.2. The standard InChI is InChI=1S/C20H23N3O4S/c1-3-4-16-12-18-15(9-10-21-20(18)23-16)11-14-5-7-17(8-6-14)28(25,26)22-13-19(24)27-2/h5-10,12,22H,3-4,11,13H2,1-2H3,(H,21,23). The molecule has 0 aliphatic rings. The van der Waals surface area contributed by atoms with Crippen molar-refractivity contribution < 1.29 is 17.9 Å². The van der Waals surface area contributed by atoms with E-state index in [4.69, 9.17) is 0 Å². The zero-order valence-corrected chi connectivity index (χ0v) is 16.7. The van der Waals surface area contributed by atoms with Crippen molar-refractivity contribution in [2.75, 3.05) is 13.7 Å². The maximum absolute atomic E-state index is 12.2. The molecule has 0 saturated heterocycles. The minimum atomic E-state index is -3.76. The number of ether oxygens (including phenoxy) is 1. The van der Waals surface area contributed by atoms with Crippen molar-refractivity contribution >= 4 is 27.0 Å². The summed E-state index contributed by atoms with van der Waals surface area (Å²) in [6.45, 7) is 1.73. The van der Waals surface area contributed by atoms with Crippen LogP contribution in [0.15, 0.2) is 47.5 Å². The molecule has 0 fully saturated rings. The van der Waals surface area contributed by atoms with Crippen LogP contribution in [0.4, 0.5) is 0 Å². The second-order valence-electron chi connectivity index (χ2n) is 6.50. The first-order valence-electron chi connectivity index (χ1n) is 9.04. The largest absolute Gasteiger partial charge is 0.468 e. The van der Waals surface area contributed by atoms with Gasteiger partial charge in [0.1, 0.15) is 12.2 Å². The first kappa shape index (κ1) is 20.0. The molecular weight excluding hydrogens is 378 g/mol. The molecule has 8 heteroatoms. The molecule has 0 atom stereocenters. The lowest BCUT2D eigenvalue weighted by atomic mass is 10.0. The number of nitrogens with zero attached hydrogens (tertiary/aromatic N) is 1. The number of hydrogen-bond donors (Lipinski definition) is 2. The molecule has 3 aromatic rings. The quantitative estimate of drug-likeness (QED) is 0.565. The van der Waals surface area contributed by atoms with Gasteiger partial charge < -0.3 is 9.72 Å². The van der Waals surface area contributed by atoms with Gasteiger partial charge in [-0.05, 0) is 48.2 Å². The molecule has 0 bridgehead atoms. The van der Waals surface area contributed by atoms with Gasteiger partial charge in [-0.15, -0.1) is 0 Å². The maximum Gasteiger partial charge on any atom is 0.320 e. The Bertz CT molecular complexity index is 1070. The number of carbonyl (C=O) groups excluding carboxylic acids is 1. The molecule has 0 saturated carbocycles. The molecule has 0 radical (unpaired) electrons. The number of aryl methyl sites for hydroxylation is 1. The van der Waals surface area contributed by atoms with Gasteiger partial charge in [0.05, 0.1) is 12.0 Å². The Morgan fingerprint density at radius 1 is 1.21 bits per heavy atom. The van der Waals surface area contributed by atoms with E-state index in [1.807, 2.05) is 6.07 Å². The van der Waals surface area contributed by atoms with E-state index >= 15 is 0 Å². The predicted molar refractivity (Wildman–Crippen MR) is 107 cm³/mol. The summed E-state index contributed by atoms with van der Waals surface area (Å²) >= 11 is 0. The van der Waals surface area contributed by atoms with Crippen LogP contribution >= 0.6 is 0 Å². The molecule has 3 rings (SSSR count). The van der Waals surface area contributed by atoms with Crippen LogP contribution < -0.4 is 4.72 Å². The van der Waals surface area contributed by atoms with E-state index in [-0.39, 0.29) is 4.90 Å². The number of pyridine rings is 1. The van der Waals surface area contributed by atoms with Gasteiger partial charge in [-0.3, -0.25) is 4.79 Å². The normalized spacial score (nSPS) is 11.6. The fourth-order valence-corrected chi connectivity index (χ4v) is 3.98. The Morgan fingerprint density at radius 3 is 2.64 bits per heavy atom. The van der Waals surface area contributed by atoms with Crippen LogP contribution in [0.1, 0.15) is 30.2 Å². The van der Waals surface area contributed by atoms with Crippen LogP contribution in [0.2, 0.25) is 0 Å². The molecular formula is C20H23N3O4S. The average molecular weight is 401 g/mol. The number of esters is 1. The van der Waals surface area contributed by atoms with Gasteiger partial charge in [0.2, 0.25) is 10.0 Å². The second-order valence-corrected chi connectivity index (χ2v) is 8.27. The fourth-order valence-electron chi connectivity index (χ4n) is 3.01.